The molecule has 12 heavy (non-hydrogen) atoms. The molecule has 1 unspecified atom stereocenters. The summed E-state index contributed by atoms with van der Waals surface area (Å²) in [5, 5.41) is 0. The molecule has 1 heterocycles. The maximum absolute atomic E-state index is 5.34. The van der Waals surface area contributed by atoms with E-state index in [9.17, 15) is 0 Å². The molecular formula is C10H23NO. The fraction of sp³-hybridized carbons (Fsp3) is 1.00. The predicted octanol–water partition coefficient (Wildman–Crippen LogP) is 2.00. The van der Waals surface area contributed by atoms with E-state index < -0.39 is 0 Å². The van der Waals surface area contributed by atoms with Crippen LogP contribution in [-0.4, -0.2) is 38.3 Å². The monoisotopic (exact) mass is 173 g/mol. The van der Waals surface area contributed by atoms with Crippen LogP contribution in [0, 0.1) is 5.92 Å². The Bertz CT molecular complexity index is 95.8. The van der Waals surface area contributed by atoms with Gasteiger partial charge in [0, 0.05) is 13.2 Å². The van der Waals surface area contributed by atoms with Crippen molar-refractivity contribution >= 4 is 0 Å². The van der Waals surface area contributed by atoms with Gasteiger partial charge in [-0.15, -0.1) is 0 Å². The van der Waals surface area contributed by atoms with Crippen LogP contribution in [0.15, 0.2) is 0 Å². The molecule has 0 aliphatic carbocycles. The van der Waals surface area contributed by atoms with Gasteiger partial charge in [-0.1, -0.05) is 13.8 Å². The number of nitrogens with zero attached hydrogens (tertiary/aromatic N) is 1. The zero-order valence-electron chi connectivity index (χ0n) is 8.97. The van der Waals surface area contributed by atoms with Gasteiger partial charge in [-0.25, -0.2) is 0 Å². The molecule has 0 saturated carbocycles. The average Bonchev–Trinajstić information content (AvgIpc) is 2.51. The first kappa shape index (κ1) is 11.9. The van der Waals surface area contributed by atoms with Crippen molar-refractivity contribution in [3.8, 4) is 0 Å². The fourth-order valence-corrected chi connectivity index (χ4v) is 1.45. The number of hydrogen-bond acceptors (Lipinski definition) is 2. The Labute approximate surface area is 76.9 Å². The summed E-state index contributed by atoms with van der Waals surface area (Å²) in [6.07, 6.45) is 1.32. The minimum Gasteiger partial charge on any atom is -0.381 e. The second kappa shape index (κ2) is 7.56. The second-order valence-corrected chi connectivity index (χ2v) is 3.08. The molecule has 1 aliphatic heterocycles. The second-order valence-electron chi connectivity index (χ2n) is 3.08. The highest BCUT2D eigenvalue weighted by molar-refractivity contribution is 4.71. The van der Waals surface area contributed by atoms with E-state index in [4.69, 9.17) is 4.74 Å². The average molecular weight is 173 g/mol. The largest absolute Gasteiger partial charge is 0.381 e. The number of ether oxygens (including phenoxy) is 1. The van der Waals surface area contributed by atoms with E-state index in [2.05, 4.69) is 18.9 Å². The Morgan fingerprint density at radius 3 is 2.50 bits per heavy atom. The van der Waals surface area contributed by atoms with Crippen molar-refractivity contribution in [1.29, 1.82) is 0 Å². The van der Waals surface area contributed by atoms with E-state index >= 15 is 0 Å². The molecule has 2 heteroatoms. The topological polar surface area (TPSA) is 12.5 Å². The van der Waals surface area contributed by atoms with Gasteiger partial charge < -0.3 is 9.64 Å². The summed E-state index contributed by atoms with van der Waals surface area (Å²) < 4.78 is 5.34. The molecule has 1 aliphatic rings. The van der Waals surface area contributed by atoms with Crippen LogP contribution in [0.5, 0.6) is 0 Å². The molecular weight excluding hydrogens is 150 g/mol. The molecule has 0 aromatic rings. The summed E-state index contributed by atoms with van der Waals surface area (Å²) in [6.45, 7) is 10.3. The number of likely N-dealkylation sites (tertiary alicyclic amines) is 1. The van der Waals surface area contributed by atoms with Gasteiger partial charge >= 0.3 is 0 Å². The van der Waals surface area contributed by atoms with E-state index in [0.717, 1.165) is 19.1 Å². The lowest BCUT2D eigenvalue weighted by Crippen LogP contribution is -2.16. The van der Waals surface area contributed by atoms with E-state index in [1.165, 1.54) is 19.5 Å². The fourth-order valence-electron chi connectivity index (χ4n) is 1.45. The van der Waals surface area contributed by atoms with Crippen molar-refractivity contribution in [2.45, 2.75) is 27.2 Å². The summed E-state index contributed by atoms with van der Waals surface area (Å²) in [6, 6.07) is 0. The van der Waals surface area contributed by atoms with Gasteiger partial charge in [0.2, 0.25) is 0 Å². The van der Waals surface area contributed by atoms with Gasteiger partial charge in [0.1, 0.15) is 0 Å². The molecule has 1 saturated heterocycles. The van der Waals surface area contributed by atoms with Gasteiger partial charge in [0.05, 0.1) is 6.61 Å². The highest BCUT2D eigenvalue weighted by Crippen LogP contribution is 2.13. The van der Waals surface area contributed by atoms with Crippen molar-refractivity contribution in [3.05, 3.63) is 0 Å². The molecule has 0 amide bonds. The van der Waals surface area contributed by atoms with Crippen LogP contribution in [0.1, 0.15) is 27.2 Å². The molecule has 74 valence electrons. The Balaban J connectivity index is 0.000000561. The zero-order chi connectivity index (χ0) is 9.40. The smallest absolute Gasteiger partial charge is 0.0506 e. The van der Waals surface area contributed by atoms with Crippen molar-refractivity contribution in [3.63, 3.8) is 0 Å². The Kier molecular flexibility index (Phi) is 7.51. The molecule has 1 rings (SSSR count). The third-order valence-electron chi connectivity index (χ3n) is 2.05. The van der Waals surface area contributed by atoms with Gasteiger partial charge in [0.25, 0.3) is 0 Å². The number of hydrogen-bond donors (Lipinski definition) is 0. The Morgan fingerprint density at radius 1 is 1.42 bits per heavy atom. The maximum atomic E-state index is 5.34. The van der Waals surface area contributed by atoms with Gasteiger partial charge in [0.15, 0.2) is 0 Å². The highest BCUT2D eigenvalue weighted by atomic mass is 16.5. The summed E-state index contributed by atoms with van der Waals surface area (Å²) in [5.74, 6) is 0.796. The molecule has 0 aromatic heterocycles. The van der Waals surface area contributed by atoms with Crippen LogP contribution < -0.4 is 0 Å². The molecule has 0 N–H and O–H groups in total. The molecule has 0 aromatic carbocycles. The minimum atomic E-state index is 0.796. The maximum Gasteiger partial charge on any atom is 0.0506 e. The molecule has 0 bridgehead atoms. The lowest BCUT2D eigenvalue weighted by atomic mass is 10.1. The van der Waals surface area contributed by atoms with Crippen LogP contribution in [0.3, 0.4) is 0 Å². The first-order chi connectivity index (χ1) is 5.83. The lowest BCUT2D eigenvalue weighted by Gasteiger charge is -2.09. The standard InChI is InChI=1S/C8H17NO.C2H6/c1-3-10-7-8-4-5-9(2)6-8;1-2/h8H,3-7H2,1-2H3;1-2H3. The van der Waals surface area contributed by atoms with E-state index in [1.807, 2.05) is 13.8 Å². The third-order valence-corrected chi connectivity index (χ3v) is 2.05. The van der Waals surface area contributed by atoms with E-state index in [1.54, 1.807) is 0 Å². The highest BCUT2D eigenvalue weighted by Gasteiger charge is 2.18. The predicted molar refractivity (Wildman–Crippen MR) is 53.4 cm³/mol. The van der Waals surface area contributed by atoms with Crippen molar-refractivity contribution in [2.24, 2.45) is 5.92 Å². The molecule has 0 radical (unpaired) electrons. The van der Waals surface area contributed by atoms with Gasteiger partial charge in [-0.2, -0.15) is 0 Å². The van der Waals surface area contributed by atoms with Crippen LogP contribution >= 0.6 is 0 Å². The van der Waals surface area contributed by atoms with Crippen molar-refractivity contribution in [2.75, 3.05) is 33.4 Å². The summed E-state index contributed by atoms with van der Waals surface area (Å²) in [5.41, 5.74) is 0. The van der Waals surface area contributed by atoms with Gasteiger partial charge in [-0.3, -0.25) is 0 Å². The zero-order valence-corrected chi connectivity index (χ0v) is 8.97. The molecule has 0 spiro atoms. The molecule has 2 nitrogen and oxygen atoms in total. The first-order valence-corrected chi connectivity index (χ1v) is 5.09. The van der Waals surface area contributed by atoms with Crippen LogP contribution in [-0.2, 0) is 4.74 Å². The quantitative estimate of drug-likeness (QED) is 0.647. The Morgan fingerprint density at radius 2 is 2.08 bits per heavy atom. The first-order valence-electron chi connectivity index (χ1n) is 5.09. The third kappa shape index (κ3) is 4.73. The molecule has 1 fully saturated rings. The van der Waals surface area contributed by atoms with Crippen LogP contribution in [0.4, 0.5) is 0 Å². The number of rotatable bonds is 3. The van der Waals surface area contributed by atoms with Crippen molar-refractivity contribution in [1.82, 2.24) is 4.90 Å². The molecule has 1 atom stereocenters. The summed E-state index contributed by atoms with van der Waals surface area (Å²) >= 11 is 0. The van der Waals surface area contributed by atoms with Crippen LogP contribution in [0.2, 0.25) is 0 Å². The normalized spacial score (nSPS) is 23.5. The van der Waals surface area contributed by atoms with E-state index in [0.29, 0.717) is 0 Å². The summed E-state index contributed by atoms with van der Waals surface area (Å²) in [7, 11) is 2.17. The van der Waals surface area contributed by atoms with Gasteiger partial charge in [-0.05, 0) is 32.9 Å². The lowest BCUT2D eigenvalue weighted by molar-refractivity contribution is 0.113. The summed E-state index contributed by atoms with van der Waals surface area (Å²) in [4.78, 5) is 2.36. The van der Waals surface area contributed by atoms with E-state index in [-0.39, 0.29) is 0 Å². The minimum absolute atomic E-state index is 0.796. The van der Waals surface area contributed by atoms with Crippen molar-refractivity contribution < 1.29 is 4.74 Å². The SMILES string of the molecule is CC.CCOCC1CCN(C)C1. The van der Waals surface area contributed by atoms with Crippen LogP contribution in [0.25, 0.3) is 0 Å². The Hall–Kier alpha value is -0.0800.